The second-order valence-electron chi connectivity index (χ2n) is 12.5. The maximum absolute atomic E-state index is 13.2. The molecule has 1 N–H and O–H groups in total. The van der Waals surface area contributed by atoms with Gasteiger partial charge in [-0.3, -0.25) is 9.52 Å². The molecule has 1 aliphatic carbocycles. The van der Waals surface area contributed by atoms with Crippen LogP contribution in [0.15, 0.2) is 36.4 Å². The van der Waals surface area contributed by atoms with Gasteiger partial charge in [-0.25, -0.2) is 4.21 Å². The number of hydrogen-bond donors (Lipinski definition) is 1. The number of amides is 1. The Labute approximate surface area is 252 Å². The van der Waals surface area contributed by atoms with E-state index < -0.39 is 11.0 Å². The quantitative estimate of drug-likeness (QED) is 0.403. The van der Waals surface area contributed by atoms with Gasteiger partial charge in [-0.15, -0.1) is 0 Å². The van der Waals surface area contributed by atoms with Crippen molar-refractivity contribution in [2.24, 2.45) is 29.6 Å². The van der Waals surface area contributed by atoms with Gasteiger partial charge in [0.25, 0.3) is 5.91 Å². The summed E-state index contributed by atoms with van der Waals surface area (Å²) in [6.45, 7) is 8.50. The molecule has 7 atom stereocenters. The fourth-order valence-electron chi connectivity index (χ4n) is 6.85. The zero-order valence-corrected chi connectivity index (χ0v) is 26.0. The maximum Gasteiger partial charge on any atom is 0.263 e. The predicted octanol–water partition coefficient (Wildman–Crippen LogP) is 6.58. The highest BCUT2D eigenvalue weighted by atomic mass is 35.5. The lowest BCUT2D eigenvalue weighted by Gasteiger charge is -2.44. The lowest BCUT2D eigenvalue weighted by atomic mass is 9.65. The molecule has 0 spiro atoms. The standard InChI is InChI=1S/C33H43ClN2O4S/c1-4-5-23-14-28(34)10-12-29(23)27-17-36-16-25-8-11-30(25)26(18-37)7-6-21(2)22(3)20-41(39)35-33(38)24-9-13-32(40-19-27)31(36)15-24/h9-10,12-15,18,21-22,25-27,30H,4-8,11,16-17,19-20H2,1-3H3,(H,35,38)/t21-,22?,25?,26?,27?,30?,41?/m0/s1. The zero-order valence-electron chi connectivity index (χ0n) is 24.4. The predicted molar refractivity (Wildman–Crippen MR) is 166 cm³/mol. The fourth-order valence-corrected chi connectivity index (χ4v) is 8.26. The minimum Gasteiger partial charge on any atom is -0.491 e. The average molecular weight is 599 g/mol. The number of nitrogens with one attached hydrogen (secondary N) is 1. The Morgan fingerprint density at radius 1 is 1.07 bits per heavy atom. The third-order valence-corrected chi connectivity index (χ3v) is 11.2. The molecule has 2 aromatic carbocycles. The monoisotopic (exact) mass is 598 g/mol. The molecule has 1 fully saturated rings. The second kappa shape index (κ2) is 13.3. The number of anilines is 1. The van der Waals surface area contributed by atoms with Crippen molar-refractivity contribution in [2.45, 2.75) is 65.2 Å². The van der Waals surface area contributed by atoms with Crippen LogP contribution in [0.2, 0.25) is 5.02 Å². The van der Waals surface area contributed by atoms with E-state index in [-0.39, 0.29) is 23.7 Å². The summed E-state index contributed by atoms with van der Waals surface area (Å²) in [4.78, 5) is 27.9. The summed E-state index contributed by atoms with van der Waals surface area (Å²) in [5.41, 5.74) is 3.87. The number of nitrogens with zero attached hydrogens (tertiary/aromatic N) is 1. The van der Waals surface area contributed by atoms with Gasteiger partial charge < -0.3 is 14.4 Å². The molecule has 2 heterocycles. The Morgan fingerprint density at radius 3 is 2.63 bits per heavy atom. The van der Waals surface area contributed by atoms with Gasteiger partial charge in [-0.1, -0.05) is 44.9 Å². The van der Waals surface area contributed by atoms with E-state index in [0.717, 1.165) is 68.1 Å². The van der Waals surface area contributed by atoms with E-state index in [0.29, 0.717) is 35.7 Å². The topological polar surface area (TPSA) is 75.7 Å². The molecule has 2 aromatic rings. The molecular formula is C33H43ClN2O4S. The van der Waals surface area contributed by atoms with Crippen LogP contribution in [0, 0.1) is 29.6 Å². The van der Waals surface area contributed by atoms with Crippen LogP contribution in [0.5, 0.6) is 5.75 Å². The first-order valence-electron chi connectivity index (χ1n) is 15.2. The molecule has 3 aliphatic rings. The Bertz CT molecular complexity index is 1290. The number of ether oxygens (including phenoxy) is 1. The fraction of sp³-hybridized carbons (Fsp3) is 0.576. The number of carbonyl (C=O) groups excluding carboxylic acids is 2. The van der Waals surface area contributed by atoms with Crippen LogP contribution < -0.4 is 14.4 Å². The van der Waals surface area contributed by atoms with Crippen LogP contribution in [-0.2, 0) is 22.2 Å². The summed E-state index contributed by atoms with van der Waals surface area (Å²) < 4.78 is 22.0. The highest BCUT2D eigenvalue weighted by Crippen LogP contribution is 2.45. The Hall–Kier alpha value is -2.38. The molecule has 0 radical (unpaired) electrons. The number of aryl methyl sites for hydroxylation is 1. The lowest BCUT2D eigenvalue weighted by Crippen LogP contribution is -2.43. The summed E-state index contributed by atoms with van der Waals surface area (Å²) >= 11 is 6.39. The van der Waals surface area contributed by atoms with Gasteiger partial charge in [0.15, 0.2) is 0 Å². The first-order chi connectivity index (χ1) is 19.8. The van der Waals surface area contributed by atoms with Gasteiger partial charge in [0.05, 0.1) is 12.3 Å². The molecule has 8 heteroatoms. The molecule has 0 saturated heterocycles. The second-order valence-corrected chi connectivity index (χ2v) is 14.1. The summed E-state index contributed by atoms with van der Waals surface area (Å²) in [6.07, 6.45) is 7.09. The van der Waals surface area contributed by atoms with Gasteiger partial charge in [0, 0.05) is 41.3 Å². The van der Waals surface area contributed by atoms with E-state index in [2.05, 4.69) is 42.5 Å². The van der Waals surface area contributed by atoms with E-state index in [4.69, 9.17) is 16.3 Å². The normalized spacial score (nSPS) is 30.7. The van der Waals surface area contributed by atoms with Gasteiger partial charge in [0.1, 0.15) is 23.0 Å². The maximum atomic E-state index is 13.2. The van der Waals surface area contributed by atoms with Crippen LogP contribution in [0.3, 0.4) is 0 Å². The third-order valence-electron chi connectivity index (χ3n) is 9.71. The third kappa shape index (κ3) is 6.83. The van der Waals surface area contributed by atoms with Crippen molar-refractivity contribution in [1.29, 1.82) is 0 Å². The first-order valence-corrected chi connectivity index (χ1v) is 16.9. The Morgan fingerprint density at radius 2 is 1.90 bits per heavy atom. The van der Waals surface area contributed by atoms with E-state index in [1.807, 2.05) is 18.2 Å². The smallest absolute Gasteiger partial charge is 0.263 e. The summed E-state index contributed by atoms with van der Waals surface area (Å²) in [5.74, 6) is 2.24. The zero-order chi connectivity index (χ0) is 29.1. The lowest BCUT2D eigenvalue weighted by molar-refractivity contribution is -0.115. The highest BCUT2D eigenvalue weighted by molar-refractivity contribution is 7.83. The first kappa shape index (κ1) is 30.1. The van der Waals surface area contributed by atoms with Gasteiger partial charge in [-0.2, -0.15) is 0 Å². The van der Waals surface area contributed by atoms with E-state index in [1.165, 1.54) is 17.4 Å². The molecule has 2 bridgehead atoms. The minimum atomic E-state index is -1.48. The van der Waals surface area contributed by atoms with Crippen molar-refractivity contribution in [1.82, 2.24) is 4.72 Å². The number of hydrogen-bond acceptors (Lipinski definition) is 5. The van der Waals surface area contributed by atoms with E-state index in [1.54, 1.807) is 6.07 Å². The van der Waals surface area contributed by atoms with E-state index >= 15 is 0 Å². The number of aldehydes is 1. The van der Waals surface area contributed by atoms with Crippen LogP contribution in [0.25, 0.3) is 0 Å². The number of carbonyl (C=O) groups is 2. The minimum absolute atomic E-state index is 0.0405. The molecule has 6 unspecified atom stereocenters. The van der Waals surface area contributed by atoms with E-state index in [9.17, 15) is 13.8 Å². The van der Waals surface area contributed by atoms with Crippen LogP contribution in [0.1, 0.15) is 80.3 Å². The SMILES string of the molecule is CCCc1cc(Cl)ccc1C1COc2ccc3cc2N(C1)CC1CCC1C(C=O)CC[C@H](C)C(C)CS(=O)NC3=O. The molecular weight excluding hydrogens is 556 g/mol. The van der Waals surface area contributed by atoms with Gasteiger partial charge in [0.2, 0.25) is 0 Å². The molecule has 41 heavy (non-hydrogen) atoms. The van der Waals surface area contributed by atoms with Gasteiger partial charge in [-0.05, 0) is 97.2 Å². The van der Waals surface area contributed by atoms with Crippen molar-refractivity contribution in [2.75, 3.05) is 30.3 Å². The molecule has 1 amide bonds. The molecule has 1 saturated carbocycles. The highest BCUT2D eigenvalue weighted by Gasteiger charge is 2.39. The Balaban J connectivity index is 1.51. The molecule has 6 nitrogen and oxygen atoms in total. The van der Waals surface area contributed by atoms with Gasteiger partial charge >= 0.3 is 0 Å². The number of halogens is 1. The largest absolute Gasteiger partial charge is 0.491 e. The van der Waals surface area contributed by atoms with Crippen LogP contribution in [0.4, 0.5) is 5.69 Å². The van der Waals surface area contributed by atoms with Crippen LogP contribution >= 0.6 is 11.6 Å². The molecule has 2 aliphatic heterocycles. The molecule has 5 rings (SSSR count). The summed E-state index contributed by atoms with van der Waals surface area (Å²) in [6, 6.07) is 11.7. The van der Waals surface area contributed by atoms with Crippen molar-refractivity contribution >= 4 is 40.5 Å². The molecule has 222 valence electrons. The summed E-state index contributed by atoms with van der Waals surface area (Å²) in [5, 5.41) is 0.744. The number of rotatable bonds is 4. The van der Waals surface area contributed by atoms with Crippen molar-refractivity contribution in [3.63, 3.8) is 0 Å². The van der Waals surface area contributed by atoms with Crippen molar-refractivity contribution < 1.29 is 18.5 Å². The molecule has 0 aromatic heterocycles. The number of benzene rings is 2. The number of fused-ring (bicyclic) bond motifs is 2. The van der Waals surface area contributed by atoms with Crippen molar-refractivity contribution in [3.05, 3.63) is 58.1 Å². The van der Waals surface area contributed by atoms with Crippen molar-refractivity contribution in [3.8, 4) is 5.75 Å². The average Bonchev–Trinajstić information content (AvgIpc) is 3.11. The Kier molecular flexibility index (Phi) is 9.75. The van der Waals surface area contributed by atoms with Crippen LogP contribution in [-0.4, -0.2) is 41.9 Å². The summed E-state index contributed by atoms with van der Waals surface area (Å²) in [7, 11) is -1.48.